The Labute approximate surface area is 132 Å². The van der Waals surface area contributed by atoms with E-state index in [0.29, 0.717) is 12.2 Å². The molecule has 0 radical (unpaired) electrons. The molecule has 5 heteroatoms. The molecule has 0 spiro atoms. The maximum Gasteiger partial charge on any atom is 0.275 e. The Morgan fingerprint density at radius 3 is 2.91 bits per heavy atom. The first kappa shape index (κ1) is 14.7. The molecule has 3 aromatic rings. The third-order valence-electron chi connectivity index (χ3n) is 3.29. The van der Waals surface area contributed by atoms with Crippen molar-refractivity contribution in [2.45, 2.75) is 13.8 Å². The standard InChI is InChI=1S/C17H16N2O2S/c1-3-21-19-17(20)13-10-15(16-5-4-8-22-16)18-14-7-6-11(2)9-12(13)14/h4-10H,3H2,1-2H3,(H,19,20). The van der Waals surface area contributed by atoms with Crippen molar-refractivity contribution in [3.05, 3.63) is 52.9 Å². The van der Waals surface area contributed by atoms with Crippen LogP contribution in [0, 0.1) is 6.92 Å². The van der Waals surface area contributed by atoms with Crippen LogP contribution in [0.15, 0.2) is 41.8 Å². The van der Waals surface area contributed by atoms with Gasteiger partial charge in [-0.2, -0.15) is 0 Å². The fourth-order valence-corrected chi connectivity index (χ4v) is 2.96. The molecule has 4 nitrogen and oxygen atoms in total. The highest BCUT2D eigenvalue weighted by Gasteiger charge is 2.14. The van der Waals surface area contributed by atoms with Crippen molar-refractivity contribution in [1.82, 2.24) is 10.5 Å². The summed E-state index contributed by atoms with van der Waals surface area (Å²) in [5, 5.41) is 2.83. The lowest BCUT2D eigenvalue weighted by Gasteiger charge is -2.10. The van der Waals surface area contributed by atoms with E-state index in [1.54, 1.807) is 11.3 Å². The topological polar surface area (TPSA) is 51.2 Å². The zero-order chi connectivity index (χ0) is 15.5. The van der Waals surface area contributed by atoms with Crippen LogP contribution in [0.3, 0.4) is 0 Å². The molecule has 0 aliphatic rings. The van der Waals surface area contributed by atoms with E-state index >= 15 is 0 Å². The Kier molecular flexibility index (Phi) is 4.18. The second-order valence-corrected chi connectivity index (χ2v) is 5.86. The van der Waals surface area contributed by atoms with Gasteiger partial charge in [0, 0.05) is 5.39 Å². The number of fused-ring (bicyclic) bond motifs is 1. The summed E-state index contributed by atoms with van der Waals surface area (Å²) in [4.78, 5) is 23.1. The molecule has 1 N–H and O–H groups in total. The minimum atomic E-state index is -0.252. The predicted molar refractivity (Wildman–Crippen MR) is 88.9 cm³/mol. The number of aryl methyl sites for hydroxylation is 1. The number of amides is 1. The highest BCUT2D eigenvalue weighted by molar-refractivity contribution is 7.13. The van der Waals surface area contributed by atoms with Crippen LogP contribution in [0.4, 0.5) is 0 Å². The molecule has 0 saturated carbocycles. The van der Waals surface area contributed by atoms with Crippen molar-refractivity contribution in [2.75, 3.05) is 6.61 Å². The number of hydrogen-bond donors (Lipinski definition) is 1. The van der Waals surface area contributed by atoms with Crippen LogP contribution in [0.25, 0.3) is 21.5 Å². The van der Waals surface area contributed by atoms with Crippen molar-refractivity contribution in [3.63, 3.8) is 0 Å². The van der Waals surface area contributed by atoms with Gasteiger partial charge in [0.25, 0.3) is 5.91 Å². The normalized spacial score (nSPS) is 10.8. The van der Waals surface area contributed by atoms with Gasteiger partial charge in [-0.1, -0.05) is 17.7 Å². The first-order valence-corrected chi connectivity index (χ1v) is 7.94. The number of carbonyl (C=O) groups is 1. The highest BCUT2D eigenvalue weighted by Crippen LogP contribution is 2.28. The molecular weight excluding hydrogens is 296 g/mol. The van der Waals surface area contributed by atoms with Crippen molar-refractivity contribution in [2.24, 2.45) is 0 Å². The molecule has 0 saturated heterocycles. The van der Waals surface area contributed by atoms with E-state index in [9.17, 15) is 4.79 Å². The van der Waals surface area contributed by atoms with Gasteiger partial charge in [-0.3, -0.25) is 9.63 Å². The first-order chi connectivity index (χ1) is 10.7. The summed E-state index contributed by atoms with van der Waals surface area (Å²) >= 11 is 1.60. The average molecular weight is 312 g/mol. The zero-order valence-corrected chi connectivity index (χ0v) is 13.2. The Hall–Kier alpha value is -2.24. The largest absolute Gasteiger partial charge is 0.275 e. The summed E-state index contributed by atoms with van der Waals surface area (Å²) in [5.41, 5.74) is 5.73. The zero-order valence-electron chi connectivity index (χ0n) is 12.4. The molecule has 0 atom stereocenters. The maximum atomic E-state index is 12.4. The van der Waals surface area contributed by atoms with Gasteiger partial charge in [0.15, 0.2) is 0 Å². The summed E-state index contributed by atoms with van der Waals surface area (Å²) in [7, 11) is 0. The molecule has 0 fully saturated rings. The summed E-state index contributed by atoms with van der Waals surface area (Å²) in [6.07, 6.45) is 0. The van der Waals surface area contributed by atoms with Gasteiger partial charge in [0.2, 0.25) is 0 Å². The van der Waals surface area contributed by atoms with Gasteiger partial charge in [0.05, 0.1) is 28.3 Å². The van der Waals surface area contributed by atoms with E-state index in [0.717, 1.165) is 27.0 Å². The lowest BCUT2D eigenvalue weighted by Crippen LogP contribution is -2.24. The van der Waals surface area contributed by atoms with Gasteiger partial charge in [-0.25, -0.2) is 10.5 Å². The molecule has 0 bridgehead atoms. The van der Waals surface area contributed by atoms with Crippen LogP contribution in [0.1, 0.15) is 22.8 Å². The molecule has 112 valence electrons. The van der Waals surface area contributed by atoms with E-state index in [-0.39, 0.29) is 5.91 Å². The number of benzene rings is 1. The average Bonchev–Trinajstić information content (AvgIpc) is 3.06. The van der Waals surface area contributed by atoms with Crippen LogP contribution in [-0.2, 0) is 4.84 Å². The first-order valence-electron chi connectivity index (χ1n) is 7.06. The van der Waals surface area contributed by atoms with Crippen LogP contribution < -0.4 is 5.48 Å². The number of hydroxylamine groups is 1. The van der Waals surface area contributed by atoms with Crippen LogP contribution in [-0.4, -0.2) is 17.5 Å². The fourth-order valence-electron chi connectivity index (χ4n) is 2.27. The van der Waals surface area contributed by atoms with E-state index in [1.807, 2.05) is 55.6 Å². The molecule has 3 rings (SSSR count). The third kappa shape index (κ3) is 2.86. The highest BCUT2D eigenvalue weighted by atomic mass is 32.1. The number of nitrogens with zero attached hydrogens (tertiary/aromatic N) is 1. The maximum absolute atomic E-state index is 12.4. The van der Waals surface area contributed by atoms with Crippen LogP contribution in [0.5, 0.6) is 0 Å². The second kappa shape index (κ2) is 6.25. The number of pyridine rings is 1. The predicted octanol–water partition coefficient (Wildman–Crippen LogP) is 3.95. The monoisotopic (exact) mass is 312 g/mol. The van der Waals surface area contributed by atoms with E-state index in [4.69, 9.17) is 4.84 Å². The third-order valence-corrected chi connectivity index (χ3v) is 4.18. The summed E-state index contributed by atoms with van der Waals surface area (Å²) in [6.45, 7) is 4.24. The molecule has 0 unspecified atom stereocenters. The Morgan fingerprint density at radius 2 is 2.18 bits per heavy atom. The molecule has 0 aliphatic heterocycles. The fraction of sp³-hybridized carbons (Fsp3) is 0.176. The molecule has 22 heavy (non-hydrogen) atoms. The van der Waals surface area contributed by atoms with E-state index in [2.05, 4.69) is 10.5 Å². The van der Waals surface area contributed by atoms with Gasteiger partial charge < -0.3 is 0 Å². The molecule has 1 amide bonds. The number of hydrogen-bond acceptors (Lipinski definition) is 4. The molecule has 2 heterocycles. The van der Waals surface area contributed by atoms with Gasteiger partial charge >= 0.3 is 0 Å². The summed E-state index contributed by atoms with van der Waals surface area (Å²) < 4.78 is 0. The van der Waals surface area contributed by atoms with Crippen molar-refractivity contribution in [3.8, 4) is 10.6 Å². The van der Waals surface area contributed by atoms with Crippen LogP contribution >= 0.6 is 11.3 Å². The van der Waals surface area contributed by atoms with Crippen molar-refractivity contribution >= 4 is 28.1 Å². The molecule has 0 aliphatic carbocycles. The number of thiophene rings is 1. The molecule has 1 aromatic carbocycles. The SMILES string of the molecule is CCONC(=O)c1cc(-c2cccs2)nc2ccc(C)cc12. The number of aromatic nitrogens is 1. The van der Waals surface area contributed by atoms with Gasteiger partial charge in [0.1, 0.15) is 0 Å². The van der Waals surface area contributed by atoms with Crippen LogP contribution in [0.2, 0.25) is 0 Å². The van der Waals surface area contributed by atoms with E-state index in [1.165, 1.54) is 0 Å². The van der Waals surface area contributed by atoms with Gasteiger partial charge in [-0.15, -0.1) is 11.3 Å². The Morgan fingerprint density at radius 1 is 1.32 bits per heavy atom. The molecular formula is C17H16N2O2S. The number of carbonyl (C=O) groups excluding carboxylic acids is 1. The lowest BCUT2D eigenvalue weighted by molar-refractivity contribution is 0.0366. The number of nitrogens with one attached hydrogen (secondary N) is 1. The number of rotatable bonds is 4. The van der Waals surface area contributed by atoms with Crippen molar-refractivity contribution < 1.29 is 9.63 Å². The minimum Gasteiger partial charge on any atom is -0.274 e. The Bertz CT molecular complexity index is 813. The minimum absolute atomic E-state index is 0.252. The van der Waals surface area contributed by atoms with Crippen molar-refractivity contribution in [1.29, 1.82) is 0 Å². The Balaban J connectivity index is 2.17. The summed E-state index contributed by atoms with van der Waals surface area (Å²) in [5.74, 6) is -0.252. The second-order valence-electron chi connectivity index (χ2n) is 4.92. The smallest absolute Gasteiger partial charge is 0.274 e. The summed E-state index contributed by atoms with van der Waals surface area (Å²) in [6, 6.07) is 11.7. The molecule has 2 aromatic heterocycles. The quantitative estimate of drug-likeness (QED) is 0.742. The van der Waals surface area contributed by atoms with E-state index < -0.39 is 0 Å². The van der Waals surface area contributed by atoms with Gasteiger partial charge in [-0.05, 0) is 43.5 Å². The lowest BCUT2D eigenvalue weighted by atomic mass is 10.0.